The first kappa shape index (κ1) is 19.2. The van der Waals surface area contributed by atoms with Crippen LogP contribution in [-0.2, 0) is 6.42 Å². The third kappa shape index (κ3) is 5.44. The first-order valence-corrected chi connectivity index (χ1v) is 8.59. The second kappa shape index (κ2) is 9.39. The fraction of sp³-hybridized carbons (Fsp3) is 0.278. The Kier molecular flexibility index (Phi) is 7.22. The molecule has 2 amide bonds. The molecular weight excluding hydrogens is 363 g/mol. The van der Waals surface area contributed by atoms with Crippen LogP contribution in [-0.4, -0.2) is 26.3 Å². The van der Waals surface area contributed by atoms with Crippen LogP contribution in [0, 0.1) is 0 Å². The Hall–Kier alpha value is -2.11. The van der Waals surface area contributed by atoms with Gasteiger partial charge in [-0.15, -0.1) is 0 Å². The standard InChI is InChI=1S/C18H20Cl2N2O3/c1-3-25-15-8-7-12(11-16(15)24-2)9-10-21-18(23)22-14-6-4-5-13(19)17(14)20/h4-8,11H,3,9-10H2,1-2H3,(H2,21,22,23). The van der Waals surface area contributed by atoms with Gasteiger partial charge in [0.2, 0.25) is 0 Å². The van der Waals surface area contributed by atoms with E-state index in [4.69, 9.17) is 32.7 Å². The van der Waals surface area contributed by atoms with Gasteiger partial charge in [-0.2, -0.15) is 0 Å². The highest BCUT2D eigenvalue weighted by Crippen LogP contribution is 2.29. The number of amides is 2. The number of halogens is 2. The van der Waals surface area contributed by atoms with Crippen LogP contribution in [0.1, 0.15) is 12.5 Å². The van der Waals surface area contributed by atoms with Crippen LogP contribution in [0.4, 0.5) is 10.5 Å². The number of hydrogen-bond donors (Lipinski definition) is 2. The summed E-state index contributed by atoms with van der Waals surface area (Å²) in [4.78, 5) is 12.0. The van der Waals surface area contributed by atoms with Gasteiger partial charge in [-0.05, 0) is 43.2 Å². The van der Waals surface area contributed by atoms with E-state index in [1.807, 2.05) is 25.1 Å². The third-order valence-corrected chi connectivity index (χ3v) is 4.25. The molecule has 2 N–H and O–H groups in total. The maximum Gasteiger partial charge on any atom is 0.319 e. The van der Waals surface area contributed by atoms with Crippen molar-refractivity contribution in [1.82, 2.24) is 5.32 Å². The van der Waals surface area contributed by atoms with Crippen LogP contribution < -0.4 is 20.1 Å². The molecule has 5 nitrogen and oxygen atoms in total. The molecule has 134 valence electrons. The van der Waals surface area contributed by atoms with Crippen LogP contribution in [0.25, 0.3) is 0 Å². The monoisotopic (exact) mass is 382 g/mol. The lowest BCUT2D eigenvalue weighted by Gasteiger charge is -2.12. The van der Waals surface area contributed by atoms with Crippen LogP contribution in [0.5, 0.6) is 11.5 Å². The van der Waals surface area contributed by atoms with E-state index in [-0.39, 0.29) is 6.03 Å². The van der Waals surface area contributed by atoms with Gasteiger partial charge in [0.15, 0.2) is 11.5 Å². The number of carbonyl (C=O) groups excluding carboxylic acids is 1. The fourth-order valence-corrected chi connectivity index (χ4v) is 2.58. The van der Waals surface area contributed by atoms with Crippen molar-refractivity contribution in [3.8, 4) is 11.5 Å². The molecule has 0 fully saturated rings. The van der Waals surface area contributed by atoms with E-state index in [0.717, 1.165) is 5.56 Å². The number of carbonyl (C=O) groups is 1. The number of benzene rings is 2. The van der Waals surface area contributed by atoms with E-state index in [1.165, 1.54) is 0 Å². The van der Waals surface area contributed by atoms with Crippen LogP contribution in [0.15, 0.2) is 36.4 Å². The van der Waals surface area contributed by atoms with Gasteiger partial charge in [0.1, 0.15) is 0 Å². The van der Waals surface area contributed by atoms with E-state index in [0.29, 0.717) is 46.8 Å². The van der Waals surface area contributed by atoms with Crippen molar-refractivity contribution in [2.45, 2.75) is 13.3 Å². The maximum atomic E-state index is 12.0. The van der Waals surface area contributed by atoms with E-state index in [9.17, 15) is 4.79 Å². The van der Waals surface area contributed by atoms with Gasteiger partial charge in [0.05, 0.1) is 29.4 Å². The number of nitrogens with one attached hydrogen (secondary N) is 2. The summed E-state index contributed by atoms with van der Waals surface area (Å²) in [7, 11) is 1.60. The Labute approximate surface area is 157 Å². The average molecular weight is 383 g/mol. The van der Waals surface area contributed by atoms with Crippen molar-refractivity contribution in [2.75, 3.05) is 25.6 Å². The third-order valence-electron chi connectivity index (χ3n) is 3.43. The van der Waals surface area contributed by atoms with Crippen molar-refractivity contribution in [1.29, 1.82) is 0 Å². The summed E-state index contributed by atoms with van der Waals surface area (Å²) in [5, 5.41) is 6.16. The number of urea groups is 1. The molecule has 0 heterocycles. The summed E-state index contributed by atoms with van der Waals surface area (Å²) in [6.45, 7) is 2.95. The largest absolute Gasteiger partial charge is 0.493 e. The molecular formula is C18H20Cl2N2O3. The molecule has 0 radical (unpaired) electrons. The zero-order valence-corrected chi connectivity index (χ0v) is 15.6. The maximum absolute atomic E-state index is 12.0. The average Bonchev–Trinajstić information content (AvgIpc) is 2.60. The predicted octanol–water partition coefficient (Wildman–Crippen LogP) is 4.76. The minimum Gasteiger partial charge on any atom is -0.493 e. The first-order chi connectivity index (χ1) is 12.0. The molecule has 0 spiro atoms. The minimum absolute atomic E-state index is 0.315. The summed E-state index contributed by atoms with van der Waals surface area (Å²) < 4.78 is 10.8. The van der Waals surface area contributed by atoms with E-state index in [2.05, 4.69) is 10.6 Å². The highest BCUT2D eigenvalue weighted by atomic mass is 35.5. The SMILES string of the molecule is CCOc1ccc(CCNC(=O)Nc2cccc(Cl)c2Cl)cc1OC. The van der Waals surface area contributed by atoms with Crippen LogP contribution in [0.2, 0.25) is 10.0 Å². The first-order valence-electron chi connectivity index (χ1n) is 7.83. The summed E-state index contributed by atoms with van der Waals surface area (Å²) in [6, 6.07) is 10.4. The van der Waals surface area contributed by atoms with Crippen molar-refractivity contribution < 1.29 is 14.3 Å². The highest BCUT2D eigenvalue weighted by molar-refractivity contribution is 6.43. The summed E-state index contributed by atoms with van der Waals surface area (Å²) in [6.07, 6.45) is 0.652. The van der Waals surface area contributed by atoms with Gasteiger partial charge in [-0.25, -0.2) is 4.79 Å². The van der Waals surface area contributed by atoms with E-state index >= 15 is 0 Å². The Morgan fingerprint density at radius 1 is 1.16 bits per heavy atom. The van der Waals surface area contributed by atoms with Crippen molar-refractivity contribution >= 4 is 34.9 Å². The Morgan fingerprint density at radius 3 is 2.68 bits per heavy atom. The molecule has 0 saturated carbocycles. The van der Waals surface area contributed by atoms with Crippen molar-refractivity contribution in [3.05, 3.63) is 52.0 Å². The van der Waals surface area contributed by atoms with Crippen molar-refractivity contribution in [2.24, 2.45) is 0 Å². The number of anilines is 1. The molecule has 7 heteroatoms. The van der Waals surface area contributed by atoms with Crippen LogP contribution >= 0.6 is 23.2 Å². The molecule has 2 rings (SSSR count). The molecule has 0 saturated heterocycles. The zero-order chi connectivity index (χ0) is 18.2. The molecule has 25 heavy (non-hydrogen) atoms. The van der Waals surface area contributed by atoms with Gasteiger partial charge in [-0.3, -0.25) is 0 Å². The molecule has 0 aliphatic carbocycles. The normalized spacial score (nSPS) is 10.2. The summed E-state index contributed by atoms with van der Waals surface area (Å²) in [5.74, 6) is 1.38. The quantitative estimate of drug-likeness (QED) is 0.725. The number of methoxy groups -OCH3 is 1. The second-order valence-electron chi connectivity index (χ2n) is 5.15. The predicted molar refractivity (Wildman–Crippen MR) is 101 cm³/mol. The Bertz CT molecular complexity index is 738. The van der Waals surface area contributed by atoms with Gasteiger partial charge in [-0.1, -0.05) is 35.3 Å². The lowest BCUT2D eigenvalue weighted by molar-refractivity contribution is 0.252. The summed E-state index contributed by atoms with van der Waals surface area (Å²) >= 11 is 12.0. The van der Waals surface area contributed by atoms with Gasteiger partial charge in [0, 0.05) is 6.54 Å². The Balaban J connectivity index is 1.87. The number of hydrogen-bond acceptors (Lipinski definition) is 3. The molecule has 2 aromatic carbocycles. The molecule has 2 aromatic rings. The van der Waals surface area contributed by atoms with E-state index in [1.54, 1.807) is 25.3 Å². The van der Waals surface area contributed by atoms with Crippen LogP contribution in [0.3, 0.4) is 0 Å². The topological polar surface area (TPSA) is 59.6 Å². The summed E-state index contributed by atoms with van der Waals surface area (Å²) in [5.41, 5.74) is 1.50. The second-order valence-corrected chi connectivity index (χ2v) is 5.94. The molecule has 0 unspecified atom stereocenters. The lowest BCUT2D eigenvalue weighted by atomic mass is 10.1. The highest BCUT2D eigenvalue weighted by Gasteiger charge is 2.09. The number of rotatable bonds is 7. The van der Waals surface area contributed by atoms with E-state index < -0.39 is 0 Å². The molecule has 0 atom stereocenters. The Morgan fingerprint density at radius 2 is 1.96 bits per heavy atom. The fourth-order valence-electron chi connectivity index (χ4n) is 2.23. The smallest absolute Gasteiger partial charge is 0.319 e. The van der Waals surface area contributed by atoms with Gasteiger partial charge in [0.25, 0.3) is 0 Å². The number of ether oxygens (including phenoxy) is 2. The van der Waals surface area contributed by atoms with Gasteiger partial charge < -0.3 is 20.1 Å². The molecule has 0 aliphatic rings. The van der Waals surface area contributed by atoms with Gasteiger partial charge >= 0.3 is 6.03 Å². The molecule has 0 aliphatic heterocycles. The molecule has 0 bridgehead atoms. The zero-order valence-electron chi connectivity index (χ0n) is 14.1. The molecule has 0 aromatic heterocycles. The minimum atomic E-state index is -0.345. The van der Waals surface area contributed by atoms with Crippen molar-refractivity contribution in [3.63, 3.8) is 0 Å². The lowest BCUT2D eigenvalue weighted by Crippen LogP contribution is -2.30.